The molecule has 1 aromatic carbocycles. The predicted octanol–water partition coefficient (Wildman–Crippen LogP) is 1.99. The number of hydrogen-bond donors (Lipinski definition) is 0. The summed E-state index contributed by atoms with van der Waals surface area (Å²) in [6.07, 6.45) is 0. The maximum atomic E-state index is 9.72. The van der Waals surface area contributed by atoms with Crippen LogP contribution >= 0.6 is 0 Å². The minimum absolute atomic E-state index is 0.207. The zero-order valence-corrected chi connectivity index (χ0v) is 8.59. The van der Waals surface area contributed by atoms with Crippen LogP contribution in [0.1, 0.15) is 5.56 Å². The summed E-state index contributed by atoms with van der Waals surface area (Å²) in [4.78, 5) is 9.72. The van der Waals surface area contributed by atoms with Gasteiger partial charge in [0.25, 0.3) is 0 Å². The average Bonchev–Trinajstić information content (AvgIpc) is 2.29. The molecule has 0 N–H and O–H groups in total. The molecule has 1 aromatic rings. The van der Waals surface area contributed by atoms with Crippen LogP contribution in [0.15, 0.2) is 35.5 Å². The van der Waals surface area contributed by atoms with Gasteiger partial charge < -0.3 is 9.47 Å². The highest BCUT2D eigenvalue weighted by atomic mass is 16.5. The molecule has 4 heteroatoms. The van der Waals surface area contributed by atoms with Crippen molar-refractivity contribution in [2.75, 3.05) is 26.4 Å². The van der Waals surface area contributed by atoms with Crippen molar-refractivity contribution < 1.29 is 9.47 Å². The van der Waals surface area contributed by atoms with E-state index in [4.69, 9.17) is 9.47 Å². The van der Waals surface area contributed by atoms with E-state index in [-0.39, 0.29) is 6.54 Å². The van der Waals surface area contributed by atoms with Gasteiger partial charge in [-0.05, 0) is 5.56 Å². The van der Waals surface area contributed by atoms with Gasteiger partial charge in [-0.2, -0.15) is 4.91 Å². The average molecular weight is 209 g/mol. The summed E-state index contributed by atoms with van der Waals surface area (Å²) in [5.41, 5.74) is 1.15. The van der Waals surface area contributed by atoms with E-state index in [1.165, 1.54) is 0 Å². The molecule has 1 rings (SSSR count). The van der Waals surface area contributed by atoms with E-state index in [0.29, 0.717) is 26.4 Å². The highest BCUT2D eigenvalue weighted by molar-refractivity contribution is 5.13. The Hall–Kier alpha value is -1.26. The molecule has 0 amide bonds. The van der Waals surface area contributed by atoms with Crippen molar-refractivity contribution in [3.8, 4) is 0 Å². The Morgan fingerprint density at radius 1 is 1.00 bits per heavy atom. The molecule has 0 heterocycles. The third kappa shape index (κ3) is 5.93. The molecule has 82 valence electrons. The van der Waals surface area contributed by atoms with Crippen LogP contribution in [0.5, 0.6) is 0 Å². The summed E-state index contributed by atoms with van der Waals surface area (Å²) in [6.45, 7) is 2.21. The van der Waals surface area contributed by atoms with E-state index >= 15 is 0 Å². The van der Waals surface area contributed by atoms with E-state index in [2.05, 4.69) is 5.18 Å². The number of rotatable bonds is 8. The molecule has 0 bridgehead atoms. The zero-order chi connectivity index (χ0) is 10.8. The van der Waals surface area contributed by atoms with Crippen molar-refractivity contribution in [2.24, 2.45) is 5.18 Å². The summed E-state index contributed by atoms with van der Waals surface area (Å²) >= 11 is 0. The fraction of sp³-hybridized carbons (Fsp3) is 0.455. The fourth-order valence-corrected chi connectivity index (χ4v) is 1.09. The predicted molar refractivity (Wildman–Crippen MR) is 57.6 cm³/mol. The first-order valence-electron chi connectivity index (χ1n) is 4.92. The lowest BCUT2D eigenvalue weighted by atomic mass is 10.2. The van der Waals surface area contributed by atoms with Crippen molar-refractivity contribution >= 4 is 0 Å². The lowest BCUT2D eigenvalue weighted by Crippen LogP contribution is -2.06. The van der Waals surface area contributed by atoms with Crippen LogP contribution in [-0.4, -0.2) is 26.4 Å². The first-order valence-corrected chi connectivity index (χ1v) is 4.92. The van der Waals surface area contributed by atoms with Gasteiger partial charge in [0.05, 0.1) is 26.4 Å². The first kappa shape index (κ1) is 11.8. The van der Waals surface area contributed by atoms with E-state index in [1.807, 2.05) is 30.3 Å². The van der Waals surface area contributed by atoms with Gasteiger partial charge in [-0.25, -0.2) is 0 Å². The van der Waals surface area contributed by atoms with Crippen molar-refractivity contribution in [1.29, 1.82) is 0 Å². The van der Waals surface area contributed by atoms with Crippen molar-refractivity contribution in [3.63, 3.8) is 0 Å². The lowest BCUT2D eigenvalue weighted by molar-refractivity contribution is 0.0434. The number of nitroso groups, excluding NO2 is 1. The van der Waals surface area contributed by atoms with E-state index in [9.17, 15) is 4.91 Å². The normalized spacial score (nSPS) is 10.1. The molecule has 0 spiro atoms. The fourth-order valence-electron chi connectivity index (χ4n) is 1.09. The molecule has 0 fully saturated rings. The highest BCUT2D eigenvalue weighted by Crippen LogP contribution is 1.99. The van der Waals surface area contributed by atoms with Crippen molar-refractivity contribution in [1.82, 2.24) is 0 Å². The SMILES string of the molecule is O=NCCOCCOCc1ccccc1. The van der Waals surface area contributed by atoms with Crippen molar-refractivity contribution in [3.05, 3.63) is 40.8 Å². The number of ether oxygens (including phenoxy) is 2. The van der Waals surface area contributed by atoms with E-state index < -0.39 is 0 Å². The Labute approximate surface area is 89.2 Å². The smallest absolute Gasteiger partial charge is 0.104 e. The molecule has 0 aliphatic carbocycles. The molecule has 15 heavy (non-hydrogen) atoms. The van der Waals surface area contributed by atoms with E-state index in [1.54, 1.807) is 0 Å². The molecule has 4 nitrogen and oxygen atoms in total. The molecule has 0 radical (unpaired) electrons. The Kier molecular flexibility index (Phi) is 6.36. The van der Waals surface area contributed by atoms with Gasteiger partial charge in [-0.1, -0.05) is 35.5 Å². The van der Waals surface area contributed by atoms with Gasteiger partial charge in [0, 0.05) is 0 Å². The van der Waals surface area contributed by atoms with Gasteiger partial charge in [0.1, 0.15) is 6.54 Å². The molecule has 0 aliphatic heterocycles. The van der Waals surface area contributed by atoms with Crippen LogP contribution in [0.2, 0.25) is 0 Å². The Bertz CT molecular complexity index is 264. The highest BCUT2D eigenvalue weighted by Gasteiger charge is 1.92. The summed E-state index contributed by atoms with van der Waals surface area (Å²) in [5, 5.41) is 2.69. The summed E-state index contributed by atoms with van der Waals surface area (Å²) < 4.78 is 10.5. The second-order valence-corrected chi connectivity index (χ2v) is 3.00. The second-order valence-electron chi connectivity index (χ2n) is 3.00. The van der Waals surface area contributed by atoms with Crippen molar-refractivity contribution in [2.45, 2.75) is 6.61 Å². The number of benzene rings is 1. The summed E-state index contributed by atoms with van der Waals surface area (Å²) in [7, 11) is 0. The molecular formula is C11H15NO3. The Balaban J connectivity index is 1.95. The molecule has 0 aliphatic rings. The maximum Gasteiger partial charge on any atom is 0.104 e. The standard InChI is InChI=1S/C11H15NO3/c13-12-6-7-14-8-9-15-10-11-4-2-1-3-5-11/h1-5H,6-10H2. The molecule has 0 atom stereocenters. The molecule has 0 aromatic heterocycles. The lowest BCUT2D eigenvalue weighted by Gasteiger charge is -2.04. The van der Waals surface area contributed by atoms with E-state index in [0.717, 1.165) is 5.56 Å². The Morgan fingerprint density at radius 3 is 2.47 bits per heavy atom. The van der Waals surface area contributed by atoms with Crippen LogP contribution < -0.4 is 0 Å². The molecule has 0 unspecified atom stereocenters. The van der Waals surface area contributed by atoms with Gasteiger partial charge in [-0.15, -0.1) is 0 Å². The number of nitrogens with zero attached hydrogens (tertiary/aromatic N) is 1. The zero-order valence-electron chi connectivity index (χ0n) is 8.59. The minimum Gasteiger partial charge on any atom is -0.377 e. The van der Waals surface area contributed by atoms with Crippen LogP contribution in [0.25, 0.3) is 0 Å². The monoisotopic (exact) mass is 209 g/mol. The topological polar surface area (TPSA) is 47.9 Å². The molecule has 0 saturated heterocycles. The second kappa shape index (κ2) is 8.08. The first-order chi connectivity index (χ1) is 7.43. The van der Waals surface area contributed by atoms with Gasteiger partial charge >= 0.3 is 0 Å². The van der Waals surface area contributed by atoms with Crippen LogP contribution in [0.4, 0.5) is 0 Å². The van der Waals surface area contributed by atoms with Gasteiger partial charge in [0.15, 0.2) is 0 Å². The summed E-state index contributed by atoms with van der Waals surface area (Å²) in [6, 6.07) is 9.95. The van der Waals surface area contributed by atoms with Crippen LogP contribution in [-0.2, 0) is 16.1 Å². The molecule has 0 saturated carbocycles. The van der Waals surface area contributed by atoms with Crippen LogP contribution in [0, 0.1) is 4.91 Å². The number of hydrogen-bond acceptors (Lipinski definition) is 4. The Morgan fingerprint density at radius 2 is 1.73 bits per heavy atom. The molecular weight excluding hydrogens is 194 g/mol. The summed E-state index contributed by atoms with van der Waals surface area (Å²) in [5.74, 6) is 0. The third-order valence-corrected chi connectivity index (χ3v) is 1.81. The maximum absolute atomic E-state index is 9.72. The minimum atomic E-state index is 0.207. The quantitative estimate of drug-likeness (QED) is 0.486. The van der Waals surface area contributed by atoms with Crippen LogP contribution in [0.3, 0.4) is 0 Å². The third-order valence-electron chi connectivity index (χ3n) is 1.81. The van der Waals surface area contributed by atoms with Gasteiger partial charge in [-0.3, -0.25) is 0 Å². The van der Waals surface area contributed by atoms with Gasteiger partial charge in [0.2, 0.25) is 0 Å². The largest absolute Gasteiger partial charge is 0.377 e.